The molecule has 1 aromatic carbocycles. The van der Waals surface area contributed by atoms with Crippen LogP contribution in [0.2, 0.25) is 5.02 Å². The molecule has 0 saturated carbocycles. The van der Waals surface area contributed by atoms with Gasteiger partial charge in [0.1, 0.15) is 0 Å². The molecule has 1 aromatic rings. The standard InChI is InChI=1S/C10H11ClF3NO/c11-6-1-2-8(10(12,13)14)7(5-6)9(15)3-4-16/h1-2,5,9,16H,3-4,15H2/t9-/m1/s1. The molecule has 2 nitrogen and oxygen atoms in total. The summed E-state index contributed by atoms with van der Waals surface area (Å²) in [6.45, 7) is -0.273. The molecule has 0 aromatic heterocycles. The molecule has 0 heterocycles. The average molecular weight is 254 g/mol. The summed E-state index contributed by atoms with van der Waals surface area (Å²) in [5, 5.41) is 8.86. The van der Waals surface area contributed by atoms with E-state index in [0.29, 0.717) is 0 Å². The van der Waals surface area contributed by atoms with Crippen molar-refractivity contribution in [1.82, 2.24) is 0 Å². The first-order valence-electron chi connectivity index (χ1n) is 4.59. The fraction of sp³-hybridized carbons (Fsp3) is 0.400. The number of halogens is 4. The summed E-state index contributed by atoms with van der Waals surface area (Å²) in [5.41, 5.74) is 4.66. The van der Waals surface area contributed by atoms with Crippen LogP contribution in [0.15, 0.2) is 18.2 Å². The summed E-state index contributed by atoms with van der Waals surface area (Å²) < 4.78 is 37.9. The molecule has 0 radical (unpaired) electrons. The topological polar surface area (TPSA) is 46.2 Å². The number of hydrogen-bond acceptors (Lipinski definition) is 2. The second-order valence-corrected chi connectivity index (χ2v) is 3.78. The summed E-state index contributed by atoms with van der Waals surface area (Å²) in [6, 6.07) is 2.37. The second kappa shape index (κ2) is 5.03. The number of hydrogen-bond donors (Lipinski definition) is 2. The van der Waals surface area contributed by atoms with Gasteiger partial charge in [0.2, 0.25) is 0 Å². The van der Waals surface area contributed by atoms with E-state index >= 15 is 0 Å². The highest BCUT2D eigenvalue weighted by Gasteiger charge is 2.34. The van der Waals surface area contributed by atoms with Gasteiger partial charge < -0.3 is 10.8 Å². The van der Waals surface area contributed by atoms with Crippen molar-refractivity contribution in [2.75, 3.05) is 6.61 Å². The Balaban J connectivity index is 3.18. The molecular weight excluding hydrogens is 243 g/mol. The van der Waals surface area contributed by atoms with Gasteiger partial charge in [0.25, 0.3) is 0 Å². The van der Waals surface area contributed by atoms with E-state index < -0.39 is 17.8 Å². The molecule has 0 unspecified atom stereocenters. The van der Waals surface area contributed by atoms with Gasteiger partial charge in [0, 0.05) is 17.7 Å². The highest BCUT2D eigenvalue weighted by Crippen LogP contribution is 2.36. The van der Waals surface area contributed by atoms with Crippen molar-refractivity contribution in [2.24, 2.45) is 5.73 Å². The Bertz CT molecular complexity index is 368. The third kappa shape index (κ3) is 3.10. The highest BCUT2D eigenvalue weighted by atomic mass is 35.5. The van der Waals surface area contributed by atoms with Crippen LogP contribution in [-0.2, 0) is 6.18 Å². The van der Waals surface area contributed by atoms with Crippen LogP contribution in [-0.4, -0.2) is 11.7 Å². The van der Waals surface area contributed by atoms with Crippen molar-refractivity contribution in [1.29, 1.82) is 0 Å². The molecule has 0 saturated heterocycles. The maximum atomic E-state index is 12.6. The molecule has 0 fully saturated rings. The fourth-order valence-corrected chi connectivity index (χ4v) is 1.57. The number of aliphatic hydroxyl groups is 1. The smallest absolute Gasteiger partial charge is 0.396 e. The minimum atomic E-state index is -4.47. The summed E-state index contributed by atoms with van der Waals surface area (Å²) in [5.74, 6) is 0. The Labute approximate surface area is 95.8 Å². The molecule has 0 aliphatic carbocycles. The number of benzene rings is 1. The molecular formula is C10H11ClF3NO. The lowest BCUT2D eigenvalue weighted by atomic mass is 9.98. The van der Waals surface area contributed by atoms with Crippen LogP contribution < -0.4 is 5.73 Å². The molecule has 0 spiro atoms. The number of alkyl halides is 3. The van der Waals surface area contributed by atoms with Gasteiger partial charge in [0.15, 0.2) is 0 Å². The first-order valence-corrected chi connectivity index (χ1v) is 4.97. The van der Waals surface area contributed by atoms with Crippen LogP contribution in [0.3, 0.4) is 0 Å². The molecule has 6 heteroatoms. The van der Waals surface area contributed by atoms with Gasteiger partial charge in [-0.1, -0.05) is 11.6 Å². The lowest BCUT2D eigenvalue weighted by molar-refractivity contribution is -0.138. The highest BCUT2D eigenvalue weighted by molar-refractivity contribution is 6.30. The Hall–Kier alpha value is -0.780. The summed E-state index contributed by atoms with van der Waals surface area (Å²) >= 11 is 5.63. The Morgan fingerprint density at radius 1 is 1.38 bits per heavy atom. The van der Waals surface area contributed by atoms with Gasteiger partial charge in [-0.15, -0.1) is 0 Å². The molecule has 0 amide bonds. The molecule has 1 atom stereocenters. The van der Waals surface area contributed by atoms with Crippen LogP contribution in [0.4, 0.5) is 13.2 Å². The van der Waals surface area contributed by atoms with Crippen molar-refractivity contribution < 1.29 is 18.3 Å². The average Bonchev–Trinajstić information content (AvgIpc) is 2.16. The van der Waals surface area contributed by atoms with Crippen LogP contribution >= 0.6 is 11.6 Å². The predicted octanol–water partition coefficient (Wildman–Crippen LogP) is 2.74. The van der Waals surface area contributed by atoms with E-state index in [1.54, 1.807) is 0 Å². The largest absolute Gasteiger partial charge is 0.416 e. The van der Waals surface area contributed by atoms with E-state index in [1.165, 1.54) is 12.1 Å². The van der Waals surface area contributed by atoms with E-state index in [4.69, 9.17) is 22.4 Å². The van der Waals surface area contributed by atoms with Gasteiger partial charge in [0.05, 0.1) is 5.56 Å². The zero-order valence-corrected chi connectivity index (χ0v) is 9.02. The van der Waals surface area contributed by atoms with E-state index in [-0.39, 0.29) is 23.6 Å². The van der Waals surface area contributed by atoms with Crippen LogP contribution in [0.25, 0.3) is 0 Å². The normalized spacial score (nSPS) is 13.9. The summed E-state index contributed by atoms with van der Waals surface area (Å²) in [7, 11) is 0. The minimum Gasteiger partial charge on any atom is -0.396 e. The summed E-state index contributed by atoms with van der Waals surface area (Å²) in [6.07, 6.45) is -4.41. The van der Waals surface area contributed by atoms with Crippen molar-refractivity contribution >= 4 is 11.6 Å². The second-order valence-electron chi connectivity index (χ2n) is 3.35. The van der Waals surface area contributed by atoms with E-state index in [2.05, 4.69) is 0 Å². The quantitative estimate of drug-likeness (QED) is 0.870. The van der Waals surface area contributed by atoms with Crippen molar-refractivity contribution in [2.45, 2.75) is 18.6 Å². The number of nitrogens with two attached hydrogens (primary N) is 1. The molecule has 0 aliphatic heterocycles. The van der Waals surface area contributed by atoms with E-state index in [9.17, 15) is 13.2 Å². The lowest BCUT2D eigenvalue weighted by Gasteiger charge is -2.17. The predicted molar refractivity (Wildman–Crippen MR) is 55.1 cm³/mol. The third-order valence-corrected chi connectivity index (χ3v) is 2.39. The molecule has 1 rings (SSSR count). The maximum Gasteiger partial charge on any atom is 0.416 e. The SMILES string of the molecule is N[C@H](CCO)c1cc(Cl)ccc1C(F)(F)F. The fourth-order valence-electron chi connectivity index (χ4n) is 1.39. The van der Waals surface area contributed by atoms with Gasteiger partial charge in [-0.3, -0.25) is 0 Å². The van der Waals surface area contributed by atoms with Crippen LogP contribution in [0.1, 0.15) is 23.6 Å². The zero-order valence-electron chi connectivity index (χ0n) is 8.26. The first-order chi connectivity index (χ1) is 7.36. The van der Waals surface area contributed by atoms with Crippen molar-refractivity contribution in [3.8, 4) is 0 Å². The van der Waals surface area contributed by atoms with Crippen LogP contribution in [0.5, 0.6) is 0 Å². The molecule has 90 valence electrons. The lowest BCUT2D eigenvalue weighted by Crippen LogP contribution is -2.18. The van der Waals surface area contributed by atoms with Gasteiger partial charge >= 0.3 is 6.18 Å². The van der Waals surface area contributed by atoms with E-state index in [1.807, 2.05) is 0 Å². The summed E-state index contributed by atoms with van der Waals surface area (Å²) in [4.78, 5) is 0. The Morgan fingerprint density at radius 3 is 2.50 bits per heavy atom. The van der Waals surface area contributed by atoms with Gasteiger partial charge in [-0.2, -0.15) is 13.2 Å². The molecule has 0 aliphatic rings. The Morgan fingerprint density at radius 2 is 2.00 bits per heavy atom. The molecule has 16 heavy (non-hydrogen) atoms. The Kier molecular flexibility index (Phi) is 4.18. The zero-order chi connectivity index (χ0) is 12.3. The third-order valence-electron chi connectivity index (χ3n) is 2.16. The molecule has 3 N–H and O–H groups in total. The van der Waals surface area contributed by atoms with Crippen molar-refractivity contribution in [3.63, 3.8) is 0 Å². The molecule has 0 bridgehead atoms. The number of aliphatic hydroxyl groups excluding tert-OH is 1. The first kappa shape index (κ1) is 13.3. The maximum absolute atomic E-state index is 12.6. The van der Waals surface area contributed by atoms with Gasteiger partial charge in [-0.05, 0) is 30.2 Å². The van der Waals surface area contributed by atoms with E-state index in [0.717, 1.165) is 6.07 Å². The minimum absolute atomic E-state index is 0.0590. The van der Waals surface area contributed by atoms with Crippen LogP contribution in [0, 0.1) is 0 Å². The number of rotatable bonds is 3. The monoisotopic (exact) mass is 253 g/mol. The van der Waals surface area contributed by atoms with Crippen molar-refractivity contribution in [3.05, 3.63) is 34.3 Å². The van der Waals surface area contributed by atoms with Gasteiger partial charge in [-0.25, -0.2) is 0 Å².